The van der Waals surface area contributed by atoms with Crippen molar-refractivity contribution in [2.75, 3.05) is 5.75 Å². The Morgan fingerprint density at radius 2 is 1.75 bits per heavy atom. The first-order chi connectivity index (χ1) is 11.3. The van der Waals surface area contributed by atoms with Gasteiger partial charge in [-0.05, 0) is 12.0 Å². The number of aliphatic carboxylic acids is 2. The molecule has 0 bridgehead atoms. The van der Waals surface area contributed by atoms with E-state index in [-0.39, 0.29) is 24.3 Å². The summed E-state index contributed by atoms with van der Waals surface area (Å²) in [4.78, 5) is 33.5. The van der Waals surface area contributed by atoms with Crippen molar-refractivity contribution < 1.29 is 28.8 Å². The molecule has 132 valence electrons. The Labute approximate surface area is 141 Å². The van der Waals surface area contributed by atoms with Crippen LogP contribution < -0.4 is 11.1 Å². The summed E-state index contributed by atoms with van der Waals surface area (Å²) in [7, 11) is -1.47. The van der Waals surface area contributed by atoms with Gasteiger partial charge in [0.15, 0.2) is 0 Å². The van der Waals surface area contributed by atoms with Gasteiger partial charge in [0.25, 0.3) is 0 Å². The number of carbonyl (C=O) groups is 3. The van der Waals surface area contributed by atoms with E-state index in [1.165, 1.54) is 0 Å². The standard InChI is InChI=1S/C15H20N2O6S/c16-11(14(19)20)6-7-13(18)17-12(15(21)22)9-24(23)8-10-4-2-1-3-5-10/h1-5,11-12H,6-9,16H2,(H,17,18)(H,19,20)(H,21,22)/t11-,12-,24?/m0/s1. The van der Waals surface area contributed by atoms with Crippen LogP contribution in [0.4, 0.5) is 0 Å². The molecule has 0 aromatic heterocycles. The number of nitrogens with one attached hydrogen (secondary N) is 1. The SMILES string of the molecule is N[C@@H](CCC(=O)N[C@@H](CS(=O)Cc1ccccc1)C(=O)O)C(=O)O. The molecule has 0 aliphatic carbocycles. The van der Waals surface area contributed by atoms with Gasteiger partial charge in [0.1, 0.15) is 12.1 Å². The molecule has 24 heavy (non-hydrogen) atoms. The smallest absolute Gasteiger partial charge is 0.327 e. The minimum atomic E-state index is -1.47. The highest BCUT2D eigenvalue weighted by atomic mass is 32.2. The number of rotatable bonds is 10. The van der Waals surface area contributed by atoms with Crippen LogP contribution in [0.3, 0.4) is 0 Å². The number of carboxylic acids is 2. The summed E-state index contributed by atoms with van der Waals surface area (Å²) >= 11 is 0. The van der Waals surface area contributed by atoms with Crippen LogP contribution in [0.2, 0.25) is 0 Å². The molecule has 5 N–H and O–H groups in total. The number of nitrogens with two attached hydrogens (primary N) is 1. The van der Waals surface area contributed by atoms with Crippen molar-refractivity contribution in [2.45, 2.75) is 30.7 Å². The summed E-state index contributed by atoms with van der Waals surface area (Å²) < 4.78 is 12.1. The van der Waals surface area contributed by atoms with Crippen molar-refractivity contribution in [3.63, 3.8) is 0 Å². The van der Waals surface area contributed by atoms with Crippen molar-refractivity contribution in [1.29, 1.82) is 0 Å². The first-order valence-electron chi connectivity index (χ1n) is 7.19. The third-order valence-electron chi connectivity index (χ3n) is 3.16. The zero-order chi connectivity index (χ0) is 18.1. The second kappa shape index (κ2) is 9.78. The highest BCUT2D eigenvalue weighted by Gasteiger charge is 2.23. The van der Waals surface area contributed by atoms with E-state index < -0.39 is 40.7 Å². The Morgan fingerprint density at radius 1 is 1.12 bits per heavy atom. The molecule has 0 radical (unpaired) electrons. The molecule has 9 heteroatoms. The molecule has 1 aromatic carbocycles. The summed E-state index contributed by atoms with van der Waals surface area (Å²) in [5, 5.41) is 20.0. The van der Waals surface area contributed by atoms with Gasteiger partial charge >= 0.3 is 11.9 Å². The Hall–Kier alpha value is -2.26. The molecule has 0 saturated heterocycles. The van der Waals surface area contributed by atoms with E-state index in [9.17, 15) is 18.6 Å². The van der Waals surface area contributed by atoms with Gasteiger partial charge in [-0.25, -0.2) is 4.79 Å². The summed E-state index contributed by atoms with van der Waals surface area (Å²) in [5.41, 5.74) is 6.08. The van der Waals surface area contributed by atoms with Crippen LogP contribution in [0.15, 0.2) is 30.3 Å². The minimum absolute atomic E-state index is 0.111. The van der Waals surface area contributed by atoms with E-state index >= 15 is 0 Å². The number of benzene rings is 1. The van der Waals surface area contributed by atoms with Crippen LogP contribution in [0.1, 0.15) is 18.4 Å². The molecular formula is C15H20N2O6S. The number of carboxylic acid groups (broad SMARTS) is 2. The Balaban J connectivity index is 2.51. The zero-order valence-corrected chi connectivity index (χ0v) is 13.7. The third-order valence-corrected chi connectivity index (χ3v) is 4.52. The molecule has 0 fully saturated rings. The summed E-state index contributed by atoms with van der Waals surface area (Å²) in [5.74, 6) is -3.23. The van der Waals surface area contributed by atoms with Crippen LogP contribution in [0, 0.1) is 0 Å². The molecule has 0 heterocycles. The predicted octanol–water partition coefficient (Wildman–Crippen LogP) is -0.303. The maximum atomic E-state index is 12.1. The lowest BCUT2D eigenvalue weighted by Gasteiger charge is -2.15. The van der Waals surface area contributed by atoms with Gasteiger partial charge in [0.05, 0.1) is 5.75 Å². The van der Waals surface area contributed by atoms with E-state index in [4.69, 9.17) is 15.9 Å². The zero-order valence-electron chi connectivity index (χ0n) is 12.9. The highest BCUT2D eigenvalue weighted by molar-refractivity contribution is 7.84. The summed E-state index contributed by atoms with van der Waals surface area (Å²) in [6.07, 6.45) is -0.330. The lowest BCUT2D eigenvalue weighted by molar-refractivity contribution is -0.141. The van der Waals surface area contributed by atoms with Crippen LogP contribution in [-0.2, 0) is 30.9 Å². The maximum Gasteiger partial charge on any atom is 0.327 e. The molecule has 1 rings (SSSR count). The molecular weight excluding hydrogens is 336 g/mol. The first kappa shape index (κ1) is 19.8. The second-order valence-electron chi connectivity index (χ2n) is 5.18. The highest BCUT2D eigenvalue weighted by Crippen LogP contribution is 2.05. The summed E-state index contributed by atoms with van der Waals surface area (Å²) in [6.45, 7) is 0. The number of hydrogen-bond acceptors (Lipinski definition) is 5. The number of amides is 1. The normalized spacial score (nSPS) is 14.4. The van der Waals surface area contributed by atoms with E-state index in [0.29, 0.717) is 0 Å². The van der Waals surface area contributed by atoms with Crippen molar-refractivity contribution in [2.24, 2.45) is 5.73 Å². The molecule has 3 atom stereocenters. The Kier molecular flexibility index (Phi) is 8.07. The Bertz CT molecular complexity index is 607. The fourth-order valence-corrected chi connectivity index (χ4v) is 3.14. The van der Waals surface area contributed by atoms with Crippen LogP contribution in [0.5, 0.6) is 0 Å². The molecule has 0 saturated carbocycles. The second-order valence-corrected chi connectivity index (χ2v) is 6.68. The largest absolute Gasteiger partial charge is 0.480 e. The number of hydrogen-bond donors (Lipinski definition) is 4. The Morgan fingerprint density at radius 3 is 2.29 bits per heavy atom. The van der Waals surface area contributed by atoms with E-state index in [1.54, 1.807) is 24.3 Å². The minimum Gasteiger partial charge on any atom is -0.480 e. The van der Waals surface area contributed by atoms with Gasteiger partial charge in [-0.1, -0.05) is 30.3 Å². The third kappa shape index (κ3) is 7.34. The van der Waals surface area contributed by atoms with E-state index in [1.807, 2.05) is 6.07 Å². The topological polar surface area (TPSA) is 147 Å². The van der Waals surface area contributed by atoms with E-state index in [2.05, 4.69) is 5.32 Å². The molecule has 0 aliphatic rings. The first-order valence-corrected chi connectivity index (χ1v) is 8.68. The van der Waals surface area contributed by atoms with Crippen molar-refractivity contribution in [3.8, 4) is 0 Å². The molecule has 0 spiro atoms. The number of carbonyl (C=O) groups excluding carboxylic acids is 1. The quantitative estimate of drug-likeness (QED) is 0.450. The lowest BCUT2D eigenvalue weighted by Crippen LogP contribution is -2.45. The van der Waals surface area contributed by atoms with Gasteiger partial charge in [-0.15, -0.1) is 0 Å². The monoisotopic (exact) mass is 356 g/mol. The van der Waals surface area contributed by atoms with Crippen LogP contribution in [-0.4, -0.2) is 50.1 Å². The van der Waals surface area contributed by atoms with Gasteiger partial charge in [0.2, 0.25) is 5.91 Å². The van der Waals surface area contributed by atoms with Crippen molar-refractivity contribution in [3.05, 3.63) is 35.9 Å². The molecule has 8 nitrogen and oxygen atoms in total. The molecule has 1 aromatic rings. The molecule has 1 unspecified atom stereocenters. The van der Waals surface area contributed by atoms with Crippen LogP contribution in [0.25, 0.3) is 0 Å². The van der Waals surface area contributed by atoms with Crippen molar-refractivity contribution in [1.82, 2.24) is 5.32 Å². The van der Waals surface area contributed by atoms with E-state index in [0.717, 1.165) is 5.56 Å². The predicted molar refractivity (Wildman–Crippen MR) is 87.6 cm³/mol. The van der Waals surface area contributed by atoms with Gasteiger partial charge < -0.3 is 21.3 Å². The lowest BCUT2D eigenvalue weighted by atomic mass is 10.1. The average molecular weight is 356 g/mol. The summed E-state index contributed by atoms with van der Waals surface area (Å²) in [6, 6.07) is 6.45. The van der Waals surface area contributed by atoms with Crippen molar-refractivity contribution >= 4 is 28.6 Å². The van der Waals surface area contributed by atoms with Crippen LogP contribution >= 0.6 is 0 Å². The molecule has 0 aliphatic heterocycles. The van der Waals surface area contributed by atoms with Gasteiger partial charge in [0, 0.05) is 23.0 Å². The van der Waals surface area contributed by atoms with Gasteiger partial charge in [-0.2, -0.15) is 0 Å². The maximum absolute atomic E-state index is 12.1. The average Bonchev–Trinajstić information content (AvgIpc) is 2.52. The van der Waals surface area contributed by atoms with Gasteiger partial charge in [-0.3, -0.25) is 13.8 Å². The fourth-order valence-electron chi connectivity index (χ4n) is 1.86. The fraction of sp³-hybridized carbons (Fsp3) is 0.400. The molecule has 1 amide bonds.